The molecular weight excluding hydrogens is 396 g/mol. The first-order chi connectivity index (χ1) is 14.3. The van der Waals surface area contributed by atoms with E-state index in [9.17, 15) is 22.8 Å². The van der Waals surface area contributed by atoms with Crippen molar-refractivity contribution in [3.8, 4) is 6.07 Å². The average molecular weight is 418 g/mol. The van der Waals surface area contributed by atoms with Crippen LogP contribution in [0.15, 0.2) is 35.5 Å². The number of nitrogens with zero attached hydrogens (tertiary/aromatic N) is 4. The first-order valence-corrected chi connectivity index (χ1v) is 10.1. The van der Waals surface area contributed by atoms with Gasteiger partial charge in [-0.05, 0) is 44.0 Å². The van der Waals surface area contributed by atoms with Gasteiger partial charge in [-0.15, -0.1) is 0 Å². The van der Waals surface area contributed by atoms with Crippen molar-refractivity contribution in [3.05, 3.63) is 47.5 Å². The van der Waals surface area contributed by atoms with Crippen LogP contribution in [0.25, 0.3) is 10.9 Å². The Morgan fingerprint density at radius 3 is 2.60 bits per heavy atom. The molecule has 2 aromatic rings. The molecule has 0 N–H and O–H groups in total. The van der Waals surface area contributed by atoms with Crippen LogP contribution in [-0.4, -0.2) is 27.9 Å². The Labute approximate surface area is 172 Å². The Morgan fingerprint density at radius 1 is 1.20 bits per heavy atom. The maximum Gasteiger partial charge on any atom is 0.408 e. The molecule has 158 valence electrons. The van der Waals surface area contributed by atoms with Gasteiger partial charge in [-0.2, -0.15) is 18.4 Å². The number of rotatable bonds is 3. The van der Waals surface area contributed by atoms with Crippen LogP contribution >= 0.6 is 0 Å². The molecule has 0 bridgehead atoms. The lowest BCUT2D eigenvalue weighted by Gasteiger charge is -2.37. The average Bonchev–Trinajstić information content (AvgIpc) is 3.06. The maximum absolute atomic E-state index is 14.0. The van der Waals surface area contributed by atoms with Crippen molar-refractivity contribution in [2.45, 2.75) is 63.5 Å². The van der Waals surface area contributed by atoms with Gasteiger partial charge in [-0.1, -0.05) is 19.3 Å². The number of alkyl halides is 3. The molecule has 8 heteroatoms. The lowest BCUT2D eigenvalue weighted by molar-refractivity contribution is -0.177. The summed E-state index contributed by atoms with van der Waals surface area (Å²) in [5, 5.41) is 10.4. The predicted molar refractivity (Wildman–Crippen MR) is 106 cm³/mol. The molecular formula is C22H22F4N4. The highest BCUT2D eigenvalue weighted by Gasteiger charge is 2.44. The van der Waals surface area contributed by atoms with Crippen LogP contribution < -0.4 is 0 Å². The number of allylic oxidation sites excluding steroid dienone is 1. The van der Waals surface area contributed by atoms with Gasteiger partial charge in [0.25, 0.3) is 0 Å². The minimum absolute atomic E-state index is 0.0351. The number of hydrogen-bond donors (Lipinski definition) is 0. The van der Waals surface area contributed by atoms with Crippen molar-refractivity contribution in [2.75, 3.05) is 0 Å². The number of nitriles is 1. The van der Waals surface area contributed by atoms with Crippen LogP contribution in [-0.2, 0) is 0 Å². The van der Waals surface area contributed by atoms with E-state index in [0.717, 1.165) is 43.9 Å². The Morgan fingerprint density at radius 2 is 1.93 bits per heavy atom. The van der Waals surface area contributed by atoms with E-state index in [-0.39, 0.29) is 11.6 Å². The van der Waals surface area contributed by atoms with Gasteiger partial charge >= 0.3 is 6.18 Å². The Hall–Kier alpha value is -2.82. The highest BCUT2D eigenvalue weighted by molar-refractivity contribution is 5.89. The van der Waals surface area contributed by atoms with E-state index in [0.29, 0.717) is 16.6 Å². The van der Waals surface area contributed by atoms with E-state index >= 15 is 0 Å². The smallest absolute Gasteiger partial charge is 0.339 e. The lowest BCUT2D eigenvalue weighted by Crippen LogP contribution is -2.43. The van der Waals surface area contributed by atoms with Gasteiger partial charge in [0.15, 0.2) is 6.17 Å². The number of halogens is 4. The van der Waals surface area contributed by atoms with Gasteiger partial charge in [-0.25, -0.2) is 4.39 Å². The van der Waals surface area contributed by atoms with Crippen LogP contribution in [0.2, 0.25) is 0 Å². The summed E-state index contributed by atoms with van der Waals surface area (Å²) in [6, 6.07) is 4.60. The SMILES string of the molecule is C[C@H](N1C=CC=NC1c1c(C#N)c2cc(F)ccc2n1C1CCCCC1)C(F)(F)F. The number of hydrogen-bond acceptors (Lipinski definition) is 3. The molecule has 0 saturated heterocycles. The fourth-order valence-electron chi connectivity index (χ4n) is 4.56. The van der Waals surface area contributed by atoms with Crippen molar-refractivity contribution in [3.63, 3.8) is 0 Å². The van der Waals surface area contributed by atoms with E-state index in [1.165, 1.54) is 30.6 Å². The van der Waals surface area contributed by atoms with E-state index in [4.69, 9.17) is 0 Å². The minimum atomic E-state index is -4.46. The lowest BCUT2D eigenvalue weighted by atomic mass is 9.94. The summed E-state index contributed by atoms with van der Waals surface area (Å²) >= 11 is 0. The molecule has 1 aromatic heterocycles. The molecule has 4 rings (SSSR count). The first-order valence-electron chi connectivity index (χ1n) is 10.1. The second kappa shape index (κ2) is 7.78. The zero-order valence-corrected chi connectivity index (χ0v) is 16.5. The highest BCUT2D eigenvalue weighted by Crippen LogP contribution is 2.42. The van der Waals surface area contributed by atoms with Crippen molar-refractivity contribution < 1.29 is 17.6 Å². The van der Waals surface area contributed by atoms with Gasteiger partial charge in [0.05, 0.1) is 16.8 Å². The normalized spacial score (nSPS) is 21.2. The summed E-state index contributed by atoms with van der Waals surface area (Å²) in [4.78, 5) is 5.48. The maximum atomic E-state index is 14.0. The van der Waals surface area contributed by atoms with Crippen molar-refractivity contribution in [1.29, 1.82) is 5.26 Å². The first kappa shape index (κ1) is 20.5. The Balaban J connectivity index is 1.95. The van der Waals surface area contributed by atoms with Gasteiger partial charge in [0.1, 0.15) is 17.9 Å². The van der Waals surface area contributed by atoms with Gasteiger partial charge in [0, 0.05) is 23.8 Å². The highest BCUT2D eigenvalue weighted by atomic mass is 19.4. The quantitative estimate of drug-likeness (QED) is 0.573. The largest absolute Gasteiger partial charge is 0.408 e. The molecule has 0 radical (unpaired) electrons. The second-order valence-corrected chi connectivity index (χ2v) is 7.87. The fourth-order valence-corrected chi connectivity index (χ4v) is 4.56. The van der Waals surface area contributed by atoms with E-state index in [1.807, 2.05) is 4.57 Å². The van der Waals surface area contributed by atoms with Gasteiger partial charge in [-0.3, -0.25) is 4.99 Å². The molecule has 2 heterocycles. The topological polar surface area (TPSA) is 44.3 Å². The molecule has 1 aliphatic heterocycles. The summed E-state index contributed by atoms with van der Waals surface area (Å²) in [5.74, 6) is -0.487. The van der Waals surface area contributed by atoms with Gasteiger partial charge in [0.2, 0.25) is 0 Å². The van der Waals surface area contributed by atoms with Crippen LogP contribution in [0, 0.1) is 17.1 Å². The Kier molecular flexibility index (Phi) is 5.31. The third-order valence-corrected chi connectivity index (χ3v) is 6.07. The summed E-state index contributed by atoms with van der Waals surface area (Å²) < 4.78 is 56.7. The molecule has 0 spiro atoms. The molecule has 1 aliphatic carbocycles. The van der Waals surface area contributed by atoms with Crippen LogP contribution in [0.3, 0.4) is 0 Å². The van der Waals surface area contributed by atoms with E-state index in [2.05, 4.69) is 11.1 Å². The van der Waals surface area contributed by atoms with Crippen molar-refractivity contribution >= 4 is 17.1 Å². The third kappa shape index (κ3) is 3.47. The molecule has 1 unspecified atom stereocenters. The van der Waals surface area contributed by atoms with Crippen LogP contribution in [0.4, 0.5) is 17.6 Å². The number of fused-ring (bicyclic) bond motifs is 1. The number of benzene rings is 1. The molecule has 30 heavy (non-hydrogen) atoms. The number of aromatic nitrogens is 1. The fraction of sp³-hybridized carbons (Fsp3) is 0.455. The molecule has 2 aliphatic rings. The van der Waals surface area contributed by atoms with E-state index in [1.54, 1.807) is 6.07 Å². The summed E-state index contributed by atoms with van der Waals surface area (Å²) in [6.45, 7) is 1.08. The Bertz CT molecular complexity index is 1040. The third-order valence-electron chi connectivity index (χ3n) is 6.07. The zero-order chi connectivity index (χ0) is 21.5. The summed E-state index contributed by atoms with van der Waals surface area (Å²) in [7, 11) is 0. The summed E-state index contributed by atoms with van der Waals surface area (Å²) in [6.07, 6.45) is 3.63. The molecule has 0 amide bonds. The second-order valence-electron chi connectivity index (χ2n) is 7.87. The molecule has 2 atom stereocenters. The van der Waals surface area contributed by atoms with Gasteiger partial charge < -0.3 is 9.47 Å². The molecule has 4 nitrogen and oxygen atoms in total. The molecule has 1 aromatic carbocycles. The summed E-state index contributed by atoms with van der Waals surface area (Å²) in [5.41, 5.74) is 1.26. The van der Waals surface area contributed by atoms with Crippen LogP contribution in [0.1, 0.15) is 62.5 Å². The van der Waals surface area contributed by atoms with Crippen LogP contribution in [0.5, 0.6) is 0 Å². The van der Waals surface area contributed by atoms with E-state index < -0.39 is 24.2 Å². The standard InChI is InChI=1S/C22H22F4N4/c1-14(22(24,25)26)29-11-5-10-28-21(29)20-18(13-27)17-12-15(23)8-9-19(17)30(20)16-6-3-2-4-7-16/h5,8-12,14,16,21H,2-4,6-7H2,1H3/t14-,21?/m0/s1. The minimum Gasteiger partial charge on any atom is -0.339 e. The predicted octanol–water partition coefficient (Wildman–Crippen LogP) is 6.01. The monoisotopic (exact) mass is 418 g/mol. The van der Waals surface area contributed by atoms with Crippen molar-refractivity contribution in [1.82, 2.24) is 9.47 Å². The zero-order valence-electron chi connectivity index (χ0n) is 16.5. The molecule has 1 saturated carbocycles. The molecule has 1 fully saturated rings. The van der Waals surface area contributed by atoms with Crippen molar-refractivity contribution in [2.24, 2.45) is 4.99 Å². The number of aliphatic imine (C=N–C) groups is 1.